The zero-order valence-electron chi connectivity index (χ0n) is 7.10. The third-order valence-corrected chi connectivity index (χ3v) is 2.30. The van der Waals surface area contributed by atoms with E-state index in [-0.39, 0.29) is 11.8 Å². The van der Waals surface area contributed by atoms with E-state index in [2.05, 4.69) is 11.7 Å². The molecule has 0 bridgehead atoms. The van der Waals surface area contributed by atoms with Crippen LogP contribution in [0.25, 0.3) is 0 Å². The molecule has 1 N–H and O–H groups in total. The molecule has 1 aliphatic rings. The van der Waals surface area contributed by atoms with E-state index in [0.717, 1.165) is 19.3 Å². The molecule has 0 saturated heterocycles. The molecule has 1 fully saturated rings. The molecule has 1 atom stereocenters. The van der Waals surface area contributed by atoms with Gasteiger partial charge in [-0.15, -0.1) is 0 Å². The van der Waals surface area contributed by atoms with Crippen molar-refractivity contribution in [2.24, 2.45) is 5.92 Å². The molecule has 1 aliphatic carbocycles. The van der Waals surface area contributed by atoms with Gasteiger partial charge in [-0.2, -0.15) is 0 Å². The largest absolute Gasteiger partial charge is 0.359 e. The van der Waals surface area contributed by atoms with Crippen LogP contribution in [0.15, 0.2) is 0 Å². The summed E-state index contributed by atoms with van der Waals surface area (Å²) in [6.07, 6.45) is 7.88. The maximum Gasteiger partial charge on any atom is 0.222 e. The molecule has 1 amide bonds. The van der Waals surface area contributed by atoms with Crippen molar-refractivity contribution in [3.8, 4) is 0 Å². The highest BCUT2D eigenvalue weighted by atomic mass is 16.1. The second-order valence-corrected chi connectivity index (χ2v) is 3.11. The number of hydrogen-bond donors (Lipinski definition) is 1. The van der Waals surface area contributed by atoms with E-state index >= 15 is 0 Å². The summed E-state index contributed by atoms with van der Waals surface area (Å²) in [5.41, 5.74) is 0. The fourth-order valence-electron chi connectivity index (χ4n) is 1.58. The van der Waals surface area contributed by atoms with Gasteiger partial charge >= 0.3 is 0 Å². The van der Waals surface area contributed by atoms with Crippen LogP contribution in [0.1, 0.15) is 32.1 Å². The zero-order chi connectivity index (χ0) is 8.10. The van der Waals surface area contributed by atoms with Crippen LogP contribution >= 0.6 is 0 Å². The molecule has 0 aromatic heterocycles. The Kier molecular flexibility index (Phi) is 3.40. The predicted octanol–water partition coefficient (Wildman–Crippen LogP) is 1.52. The molecule has 0 aromatic rings. The van der Waals surface area contributed by atoms with Crippen LogP contribution in [0.2, 0.25) is 0 Å². The smallest absolute Gasteiger partial charge is 0.222 e. The summed E-state index contributed by atoms with van der Waals surface area (Å²) in [7, 11) is 1.72. The highest BCUT2D eigenvalue weighted by Crippen LogP contribution is 2.21. The highest BCUT2D eigenvalue weighted by Gasteiger charge is 2.18. The van der Waals surface area contributed by atoms with Crippen molar-refractivity contribution in [3.63, 3.8) is 0 Å². The lowest BCUT2D eigenvalue weighted by molar-refractivity contribution is -0.124. The Balaban J connectivity index is 2.36. The van der Waals surface area contributed by atoms with Crippen LogP contribution in [0.5, 0.6) is 0 Å². The SMILES string of the molecule is CNC(=O)C1CC[CH]CCC1. The minimum Gasteiger partial charge on any atom is -0.359 e. The van der Waals surface area contributed by atoms with Gasteiger partial charge in [-0.3, -0.25) is 4.79 Å². The average molecular weight is 154 g/mol. The van der Waals surface area contributed by atoms with Gasteiger partial charge in [-0.05, 0) is 25.7 Å². The second-order valence-electron chi connectivity index (χ2n) is 3.11. The molecule has 2 nitrogen and oxygen atoms in total. The summed E-state index contributed by atoms with van der Waals surface area (Å²) in [5, 5.41) is 2.71. The molecule has 2 heteroatoms. The van der Waals surface area contributed by atoms with Gasteiger partial charge in [0.25, 0.3) is 0 Å². The molecule has 1 radical (unpaired) electrons. The van der Waals surface area contributed by atoms with Crippen molar-refractivity contribution in [2.45, 2.75) is 32.1 Å². The summed E-state index contributed by atoms with van der Waals surface area (Å²) in [6.45, 7) is 0. The Morgan fingerprint density at radius 1 is 1.45 bits per heavy atom. The molecular weight excluding hydrogens is 138 g/mol. The number of rotatable bonds is 1. The fraction of sp³-hybridized carbons (Fsp3) is 0.778. The Hall–Kier alpha value is -0.530. The fourth-order valence-corrected chi connectivity index (χ4v) is 1.58. The van der Waals surface area contributed by atoms with Crippen molar-refractivity contribution in [3.05, 3.63) is 6.42 Å². The van der Waals surface area contributed by atoms with Gasteiger partial charge in [0.2, 0.25) is 5.91 Å². The number of carbonyl (C=O) groups excluding carboxylic acids is 1. The van der Waals surface area contributed by atoms with Gasteiger partial charge in [-0.25, -0.2) is 0 Å². The minimum atomic E-state index is 0.223. The first-order valence-corrected chi connectivity index (χ1v) is 4.38. The molecule has 0 spiro atoms. The van der Waals surface area contributed by atoms with Crippen molar-refractivity contribution < 1.29 is 4.79 Å². The predicted molar refractivity (Wildman–Crippen MR) is 44.9 cm³/mol. The molecule has 1 saturated carbocycles. The maximum absolute atomic E-state index is 11.2. The Morgan fingerprint density at radius 2 is 2.27 bits per heavy atom. The van der Waals surface area contributed by atoms with E-state index in [1.165, 1.54) is 12.8 Å². The van der Waals surface area contributed by atoms with Crippen molar-refractivity contribution in [1.82, 2.24) is 5.32 Å². The van der Waals surface area contributed by atoms with Crippen LogP contribution in [0.4, 0.5) is 0 Å². The molecule has 11 heavy (non-hydrogen) atoms. The number of nitrogens with one attached hydrogen (secondary N) is 1. The minimum absolute atomic E-state index is 0.223. The summed E-state index contributed by atoms with van der Waals surface area (Å²) < 4.78 is 0. The monoisotopic (exact) mass is 154 g/mol. The first kappa shape index (κ1) is 8.57. The summed E-state index contributed by atoms with van der Waals surface area (Å²) in [6, 6.07) is 0. The quantitative estimate of drug-likeness (QED) is 0.570. The first-order valence-electron chi connectivity index (χ1n) is 4.38. The van der Waals surface area contributed by atoms with Crippen molar-refractivity contribution in [2.75, 3.05) is 7.05 Å². The van der Waals surface area contributed by atoms with Crippen LogP contribution in [0, 0.1) is 12.3 Å². The van der Waals surface area contributed by atoms with Gasteiger partial charge in [0.1, 0.15) is 0 Å². The van der Waals surface area contributed by atoms with Gasteiger partial charge in [0, 0.05) is 13.0 Å². The van der Waals surface area contributed by atoms with E-state index in [1.54, 1.807) is 7.05 Å². The normalized spacial score (nSPS) is 20.8. The lowest BCUT2D eigenvalue weighted by Gasteiger charge is -2.10. The molecule has 63 valence electrons. The molecule has 0 aliphatic heterocycles. The molecule has 0 heterocycles. The summed E-state index contributed by atoms with van der Waals surface area (Å²) in [4.78, 5) is 11.2. The highest BCUT2D eigenvalue weighted by molar-refractivity contribution is 5.78. The Labute approximate surface area is 68.4 Å². The standard InChI is InChI=1S/C9H16NO/c1-10-9(11)8-6-4-2-3-5-7-8/h2,8H,3-7H2,1H3,(H,10,11). The van der Waals surface area contributed by atoms with E-state index in [1.807, 2.05) is 0 Å². The molecule has 1 unspecified atom stereocenters. The van der Waals surface area contributed by atoms with Gasteiger partial charge in [-0.1, -0.05) is 12.8 Å². The second kappa shape index (κ2) is 4.37. The molecular formula is C9H16NO. The third kappa shape index (κ3) is 2.52. The van der Waals surface area contributed by atoms with Gasteiger partial charge < -0.3 is 5.32 Å². The molecule has 0 aromatic carbocycles. The number of amides is 1. The first-order chi connectivity index (χ1) is 5.34. The van der Waals surface area contributed by atoms with E-state index in [9.17, 15) is 4.79 Å². The number of carbonyl (C=O) groups is 1. The van der Waals surface area contributed by atoms with Crippen LogP contribution in [-0.4, -0.2) is 13.0 Å². The van der Waals surface area contributed by atoms with Crippen molar-refractivity contribution >= 4 is 5.91 Å². The maximum atomic E-state index is 11.2. The van der Waals surface area contributed by atoms with Crippen LogP contribution < -0.4 is 5.32 Å². The lowest BCUT2D eigenvalue weighted by Crippen LogP contribution is -2.26. The average Bonchev–Trinajstić information content (AvgIpc) is 2.30. The van der Waals surface area contributed by atoms with Crippen molar-refractivity contribution in [1.29, 1.82) is 0 Å². The Morgan fingerprint density at radius 3 is 3.00 bits per heavy atom. The summed E-state index contributed by atoms with van der Waals surface area (Å²) >= 11 is 0. The zero-order valence-corrected chi connectivity index (χ0v) is 7.10. The van der Waals surface area contributed by atoms with E-state index in [0.29, 0.717) is 0 Å². The molecule has 1 rings (SSSR count). The van der Waals surface area contributed by atoms with Crippen LogP contribution in [0.3, 0.4) is 0 Å². The van der Waals surface area contributed by atoms with Crippen LogP contribution in [-0.2, 0) is 4.79 Å². The summed E-state index contributed by atoms with van der Waals surface area (Å²) in [5.74, 6) is 0.499. The topological polar surface area (TPSA) is 29.1 Å². The van der Waals surface area contributed by atoms with Gasteiger partial charge in [0.15, 0.2) is 0 Å². The third-order valence-electron chi connectivity index (χ3n) is 2.30. The van der Waals surface area contributed by atoms with E-state index in [4.69, 9.17) is 0 Å². The van der Waals surface area contributed by atoms with Gasteiger partial charge in [0.05, 0.1) is 0 Å². The Bertz CT molecular complexity index is 126. The van der Waals surface area contributed by atoms with E-state index < -0.39 is 0 Å². The number of hydrogen-bond acceptors (Lipinski definition) is 1. The lowest BCUT2D eigenvalue weighted by atomic mass is 10.00.